The van der Waals surface area contributed by atoms with Crippen molar-refractivity contribution < 1.29 is 5.11 Å². The van der Waals surface area contributed by atoms with Gasteiger partial charge in [0.1, 0.15) is 0 Å². The molecule has 0 saturated carbocycles. The van der Waals surface area contributed by atoms with Crippen LogP contribution in [0.3, 0.4) is 0 Å². The van der Waals surface area contributed by atoms with Gasteiger partial charge in [0.05, 0.1) is 6.10 Å². The van der Waals surface area contributed by atoms with Gasteiger partial charge in [-0.3, -0.25) is 0 Å². The molecule has 3 rings (SSSR count). The number of fused-ring (bicyclic) bond motifs is 3. The third-order valence-electron chi connectivity index (χ3n) is 7.69. The molecular formula is C31H46O. The quantitative estimate of drug-likeness (QED) is 0.277. The molecule has 0 fully saturated rings. The van der Waals surface area contributed by atoms with Gasteiger partial charge >= 0.3 is 0 Å². The van der Waals surface area contributed by atoms with Crippen molar-refractivity contribution in [3.05, 3.63) is 59.2 Å². The van der Waals surface area contributed by atoms with Gasteiger partial charge in [-0.25, -0.2) is 0 Å². The number of rotatable bonds is 15. The standard InChI is InChI=1S/C31H46O/c1-4-6-8-10-12-16-22-31(23-17-13-11-9-7-5-2)29-19-15-14-18-27(29)28-21-20-26(25(3)32)24-30(28)31/h14-15,18-21,24-25,32H,4-13,16-17,22-23H2,1-3H3. The normalized spacial score (nSPS) is 14.9. The van der Waals surface area contributed by atoms with Gasteiger partial charge in [-0.05, 0) is 47.6 Å². The summed E-state index contributed by atoms with van der Waals surface area (Å²) < 4.78 is 0. The minimum atomic E-state index is -0.412. The molecule has 1 nitrogen and oxygen atoms in total. The smallest absolute Gasteiger partial charge is 0.0762 e. The van der Waals surface area contributed by atoms with Crippen LogP contribution >= 0.6 is 0 Å². The molecule has 176 valence electrons. The van der Waals surface area contributed by atoms with Crippen molar-refractivity contribution >= 4 is 0 Å². The van der Waals surface area contributed by atoms with E-state index in [9.17, 15) is 5.11 Å². The van der Waals surface area contributed by atoms with Gasteiger partial charge in [0.2, 0.25) is 0 Å². The van der Waals surface area contributed by atoms with E-state index in [0.717, 1.165) is 5.56 Å². The van der Waals surface area contributed by atoms with Crippen LogP contribution in [0.25, 0.3) is 11.1 Å². The maximum absolute atomic E-state index is 10.3. The van der Waals surface area contributed by atoms with Crippen LogP contribution in [0, 0.1) is 0 Å². The number of aliphatic hydroxyl groups excluding tert-OH is 1. The Bertz CT molecular complexity index is 803. The van der Waals surface area contributed by atoms with Gasteiger partial charge in [-0.15, -0.1) is 0 Å². The van der Waals surface area contributed by atoms with Crippen molar-refractivity contribution in [3.63, 3.8) is 0 Å². The summed E-state index contributed by atoms with van der Waals surface area (Å²) in [6.45, 7) is 6.48. The molecule has 0 aliphatic heterocycles. The molecule has 2 aromatic carbocycles. The van der Waals surface area contributed by atoms with Crippen LogP contribution in [-0.4, -0.2) is 5.11 Å². The topological polar surface area (TPSA) is 20.2 Å². The maximum Gasteiger partial charge on any atom is 0.0762 e. The van der Waals surface area contributed by atoms with Gasteiger partial charge in [0, 0.05) is 5.41 Å². The highest BCUT2D eigenvalue weighted by Crippen LogP contribution is 2.54. The zero-order chi connectivity index (χ0) is 22.8. The molecule has 0 saturated heterocycles. The molecule has 0 radical (unpaired) electrons. The van der Waals surface area contributed by atoms with Crippen molar-refractivity contribution in [1.29, 1.82) is 0 Å². The van der Waals surface area contributed by atoms with Gasteiger partial charge in [0.15, 0.2) is 0 Å². The lowest BCUT2D eigenvalue weighted by atomic mass is 9.70. The Hall–Kier alpha value is -1.60. The Kier molecular flexibility index (Phi) is 9.85. The van der Waals surface area contributed by atoms with E-state index >= 15 is 0 Å². The summed E-state index contributed by atoms with van der Waals surface area (Å²) in [5, 5.41) is 10.3. The van der Waals surface area contributed by atoms with Crippen LogP contribution < -0.4 is 0 Å². The second-order valence-electron chi connectivity index (χ2n) is 10.1. The minimum Gasteiger partial charge on any atom is -0.389 e. The molecule has 0 aromatic heterocycles. The van der Waals surface area contributed by atoms with Crippen molar-refractivity contribution in [3.8, 4) is 11.1 Å². The first kappa shape index (κ1) is 25.0. The Morgan fingerprint density at radius 3 is 1.78 bits per heavy atom. The molecule has 0 spiro atoms. The molecule has 32 heavy (non-hydrogen) atoms. The molecule has 1 N–H and O–H groups in total. The highest BCUT2D eigenvalue weighted by molar-refractivity contribution is 5.81. The average Bonchev–Trinajstić information content (AvgIpc) is 3.08. The van der Waals surface area contributed by atoms with Crippen LogP contribution in [0.5, 0.6) is 0 Å². The third-order valence-corrected chi connectivity index (χ3v) is 7.69. The zero-order valence-corrected chi connectivity index (χ0v) is 21.0. The first-order valence-corrected chi connectivity index (χ1v) is 13.6. The van der Waals surface area contributed by atoms with E-state index in [1.54, 1.807) is 5.56 Å². The fourth-order valence-corrected chi connectivity index (χ4v) is 5.81. The van der Waals surface area contributed by atoms with Crippen molar-refractivity contribution in [2.75, 3.05) is 0 Å². The minimum absolute atomic E-state index is 0.117. The SMILES string of the molecule is CCCCCCCCC1(CCCCCCCC)c2ccccc2-c2ccc(C(C)O)cc21. The number of hydrogen-bond donors (Lipinski definition) is 1. The molecule has 1 aliphatic rings. The highest BCUT2D eigenvalue weighted by Gasteiger charge is 2.42. The summed E-state index contributed by atoms with van der Waals surface area (Å²) in [5.74, 6) is 0. The van der Waals surface area contributed by atoms with Gasteiger partial charge in [0.25, 0.3) is 0 Å². The molecule has 1 unspecified atom stereocenters. The second-order valence-corrected chi connectivity index (χ2v) is 10.1. The summed E-state index contributed by atoms with van der Waals surface area (Å²) in [7, 11) is 0. The fourth-order valence-electron chi connectivity index (χ4n) is 5.81. The number of hydrogen-bond acceptors (Lipinski definition) is 1. The van der Waals surface area contributed by atoms with Crippen LogP contribution in [0.4, 0.5) is 0 Å². The number of unbranched alkanes of at least 4 members (excludes halogenated alkanes) is 10. The van der Waals surface area contributed by atoms with Crippen LogP contribution in [-0.2, 0) is 5.41 Å². The van der Waals surface area contributed by atoms with Gasteiger partial charge in [-0.2, -0.15) is 0 Å². The van der Waals surface area contributed by atoms with Crippen LogP contribution in [0.15, 0.2) is 42.5 Å². The first-order chi connectivity index (χ1) is 15.6. The van der Waals surface area contributed by atoms with Gasteiger partial charge in [-0.1, -0.05) is 133 Å². The van der Waals surface area contributed by atoms with E-state index in [4.69, 9.17) is 0 Å². The van der Waals surface area contributed by atoms with E-state index in [1.165, 1.54) is 107 Å². The average molecular weight is 435 g/mol. The molecule has 1 atom stereocenters. The molecule has 2 aromatic rings. The maximum atomic E-state index is 10.3. The Morgan fingerprint density at radius 1 is 0.656 bits per heavy atom. The zero-order valence-electron chi connectivity index (χ0n) is 21.0. The predicted octanol–water partition coefficient (Wildman–Crippen LogP) is 9.51. The summed E-state index contributed by atoms with van der Waals surface area (Å²) in [5.41, 5.74) is 7.04. The number of aliphatic hydroxyl groups is 1. The van der Waals surface area contributed by atoms with Crippen LogP contribution in [0.1, 0.15) is 133 Å². The predicted molar refractivity (Wildman–Crippen MR) is 139 cm³/mol. The van der Waals surface area contributed by atoms with E-state index in [1.807, 2.05) is 6.92 Å². The summed E-state index contributed by atoms with van der Waals surface area (Å²) in [6.07, 6.45) is 18.2. The van der Waals surface area contributed by atoms with Gasteiger partial charge < -0.3 is 5.11 Å². The van der Waals surface area contributed by atoms with Crippen LogP contribution in [0.2, 0.25) is 0 Å². The lowest BCUT2D eigenvalue weighted by Gasteiger charge is -2.33. The number of benzene rings is 2. The molecule has 1 heteroatoms. The molecule has 0 amide bonds. The molecule has 0 bridgehead atoms. The van der Waals surface area contributed by atoms with E-state index < -0.39 is 6.10 Å². The fraction of sp³-hybridized carbons (Fsp3) is 0.613. The molecular weight excluding hydrogens is 388 g/mol. The Morgan fingerprint density at radius 2 is 1.19 bits per heavy atom. The summed E-state index contributed by atoms with van der Waals surface area (Å²) in [6, 6.07) is 15.9. The van der Waals surface area contributed by atoms with E-state index in [2.05, 4.69) is 56.3 Å². The summed E-state index contributed by atoms with van der Waals surface area (Å²) in [4.78, 5) is 0. The monoisotopic (exact) mass is 434 g/mol. The lowest BCUT2D eigenvalue weighted by molar-refractivity contribution is 0.199. The second kappa shape index (κ2) is 12.6. The highest BCUT2D eigenvalue weighted by atomic mass is 16.3. The molecule has 1 aliphatic carbocycles. The first-order valence-electron chi connectivity index (χ1n) is 13.6. The third kappa shape index (κ3) is 5.84. The summed E-state index contributed by atoms with van der Waals surface area (Å²) >= 11 is 0. The van der Waals surface area contributed by atoms with Crippen molar-refractivity contribution in [2.24, 2.45) is 0 Å². The van der Waals surface area contributed by atoms with E-state index in [0.29, 0.717) is 0 Å². The lowest BCUT2D eigenvalue weighted by Crippen LogP contribution is -2.25. The molecule has 0 heterocycles. The largest absolute Gasteiger partial charge is 0.389 e. The van der Waals surface area contributed by atoms with Crippen molar-refractivity contribution in [1.82, 2.24) is 0 Å². The Balaban J connectivity index is 1.86. The van der Waals surface area contributed by atoms with Crippen molar-refractivity contribution in [2.45, 2.75) is 122 Å². The Labute approximate surface area is 197 Å². The van der Waals surface area contributed by atoms with E-state index in [-0.39, 0.29) is 5.41 Å².